The quantitative estimate of drug-likeness (QED) is 0.538. The highest BCUT2D eigenvalue weighted by Gasteiger charge is 2.24. The number of benzene rings is 1. The maximum absolute atomic E-state index is 12.9. The molecule has 1 aromatic carbocycles. The van der Waals surface area contributed by atoms with Gasteiger partial charge in [0.2, 0.25) is 0 Å². The lowest BCUT2D eigenvalue weighted by atomic mass is 9.89. The highest BCUT2D eigenvalue weighted by atomic mass is 32.1. The number of thiophene rings is 1. The van der Waals surface area contributed by atoms with Gasteiger partial charge in [-0.1, -0.05) is 24.3 Å². The molecule has 7 nitrogen and oxygen atoms in total. The zero-order valence-electron chi connectivity index (χ0n) is 15.2. The van der Waals surface area contributed by atoms with E-state index in [4.69, 9.17) is 0 Å². The van der Waals surface area contributed by atoms with E-state index in [1.165, 1.54) is 46.7 Å². The molecule has 4 rings (SSSR count). The van der Waals surface area contributed by atoms with Crippen LogP contribution < -0.4 is 11.0 Å². The van der Waals surface area contributed by atoms with Crippen molar-refractivity contribution in [3.05, 3.63) is 56.4 Å². The first-order chi connectivity index (χ1) is 13.5. The molecule has 1 atom stereocenters. The lowest BCUT2D eigenvalue weighted by molar-refractivity contribution is -0.121. The molecule has 2 aromatic heterocycles. The number of nitrogens with one attached hydrogen (secondary N) is 1. The van der Waals surface area contributed by atoms with E-state index in [1.807, 2.05) is 0 Å². The number of aromatic nitrogens is 3. The monoisotopic (exact) mass is 399 g/mol. The van der Waals surface area contributed by atoms with Crippen molar-refractivity contribution < 1.29 is 9.18 Å². The van der Waals surface area contributed by atoms with Crippen molar-refractivity contribution >= 4 is 33.7 Å². The van der Waals surface area contributed by atoms with Gasteiger partial charge in [0.25, 0.3) is 11.5 Å². The van der Waals surface area contributed by atoms with Gasteiger partial charge in [0, 0.05) is 4.88 Å². The van der Waals surface area contributed by atoms with Crippen LogP contribution in [0.25, 0.3) is 10.2 Å². The first-order valence-corrected chi connectivity index (χ1v) is 9.78. The molecule has 0 unspecified atom stereocenters. The van der Waals surface area contributed by atoms with E-state index in [1.54, 1.807) is 0 Å². The summed E-state index contributed by atoms with van der Waals surface area (Å²) in [5.41, 5.74) is 3.74. The Kier molecular flexibility index (Phi) is 4.99. The standard InChI is InChI=1S/C19H18FN5O2S/c1-11-2-7-14-15(8-11)28-18-17(14)19(27)25(24-23-18)10-16(26)22-21-9-12-3-5-13(20)6-4-12/h3-6,9,11H,2,7-8,10H2,1H3,(H,22,26)/t11-/m0/s1. The van der Waals surface area contributed by atoms with Crippen LogP contribution in [0.2, 0.25) is 0 Å². The molecule has 9 heteroatoms. The summed E-state index contributed by atoms with van der Waals surface area (Å²) in [6.45, 7) is 1.93. The second-order valence-electron chi connectivity index (χ2n) is 6.93. The van der Waals surface area contributed by atoms with Gasteiger partial charge >= 0.3 is 0 Å². The Hall–Kier alpha value is -2.94. The predicted molar refractivity (Wildman–Crippen MR) is 105 cm³/mol. The van der Waals surface area contributed by atoms with Crippen molar-refractivity contribution in [1.82, 2.24) is 20.4 Å². The maximum Gasteiger partial charge on any atom is 0.279 e. The molecule has 0 radical (unpaired) electrons. The summed E-state index contributed by atoms with van der Waals surface area (Å²) in [6.07, 6.45) is 4.24. The first kappa shape index (κ1) is 18.4. The summed E-state index contributed by atoms with van der Waals surface area (Å²) in [6, 6.07) is 5.68. The number of hydrogen-bond acceptors (Lipinski definition) is 6. The number of hydrazone groups is 1. The summed E-state index contributed by atoms with van der Waals surface area (Å²) >= 11 is 1.52. The SMILES string of the molecule is C[C@H]1CCc2c(sc3nnn(CC(=O)NN=Cc4ccc(F)cc4)c(=O)c23)C1. The number of amides is 1. The van der Waals surface area contributed by atoms with Gasteiger partial charge in [-0.25, -0.2) is 14.5 Å². The van der Waals surface area contributed by atoms with E-state index >= 15 is 0 Å². The Morgan fingerprint density at radius 1 is 1.43 bits per heavy atom. The van der Waals surface area contributed by atoms with Crippen molar-refractivity contribution in [1.29, 1.82) is 0 Å². The van der Waals surface area contributed by atoms with E-state index in [0.717, 1.165) is 29.5 Å². The normalized spacial score (nSPS) is 16.4. The van der Waals surface area contributed by atoms with Crippen LogP contribution in [0.5, 0.6) is 0 Å². The van der Waals surface area contributed by atoms with Gasteiger partial charge in [-0.3, -0.25) is 9.59 Å². The number of halogens is 1. The van der Waals surface area contributed by atoms with Gasteiger partial charge in [0.1, 0.15) is 12.4 Å². The Labute approximate surface area is 163 Å². The number of rotatable bonds is 4. The molecule has 1 aliphatic carbocycles. The molecule has 0 bridgehead atoms. The largest absolute Gasteiger partial charge is 0.279 e. The zero-order chi connectivity index (χ0) is 19.7. The van der Waals surface area contributed by atoms with Gasteiger partial charge < -0.3 is 0 Å². The van der Waals surface area contributed by atoms with Crippen LogP contribution in [0.4, 0.5) is 4.39 Å². The molecule has 1 amide bonds. The van der Waals surface area contributed by atoms with Crippen molar-refractivity contribution in [2.75, 3.05) is 0 Å². The van der Waals surface area contributed by atoms with Crippen LogP contribution in [0.1, 0.15) is 29.3 Å². The van der Waals surface area contributed by atoms with Gasteiger partial charge in [-0.15, -0.1) is 16.4 Å². The minimum Gasteiger partial charge on any atom is -0.271 e. The van der Waals surface area contributed by atoms with Crippen molar-refractivity contribution in [3.8, 4) is 0 Å². The Morgan fingerprint density at radius 2 is 2.21 bits per heavy atom. The van der Waals surface area contributed by atoms with Crippen LogP contribution in [-0.2, 0) is 24.2 Å². The molecule has 144 valence electrons. The van der Waals surface area contributed by atoms with Crippen LogP contribution in [0.3, 0.4) is 0 Å². The molecule has 0 aliphatic heterocycles. The van der Waals surface area contributed by atoms with Crippen LogP contribution in [0, 0.1) is 11.7 Å². The third-order valence-corrected chi connectivity index (χ3v) is 5.89. The van der Waals surface area contributed by atoms with Crippen molar-refractivity contribution in [2.24, 2.45) is 11.0 Å². The fourth-order valence-electron chi connectivity index (χ4n) is 3.29. The minimum atomic E-state index is -0.494. The third-order valence-electron chi connectivity index (χ3n) is 4.75. The number of aryl methyl sites for hydroxylation is 1. The molecule has 1 aliphatic rings. The van der Waals surface area contributed by atoms with Crippen LogP contribution in [-0.4, -0.2) is 27.1 Å². The summed E-state index contributed by atoms with van der Waals surface area (Å²) in [5.74, 6) is -0.244. The summed E-state index contributed by atoms with van der Waals surface area (Å²) in [7, 11) is 0. The molecule has 0 saturated carbocycles. The number of hydrogen-bond donors (Lipinski definition) is 1. The predicted octanol–water partition coefficient (Wildman–Crippen LogP) is 2.27. The molecule has 3 aromatic rings. The molecular formula is C19H18FN5O2S. The van der Waals surface area contributed by atoms with Gasteiger partial charge in [0.15, 0.2) is 4.83 Å². The lowest BCUT2D eigenvalue weighted by Gasteiger charge is -2.17. The molecule has 0 fully saturated rings. The molecule has 0 saturated heterocycles. The van der Waals surface area contributed by atoms with E-state index < -0.39 is 5.91 Å². The molecule has 1 N–H and O–H groups in total. The van der Waals surface area contributed by atoms with Crippen molar-refractivity contribution in [2.45, 2.75) is 32.7 Å². The average Bonchev–Trinajstić information content (AvgIpc) is 3.04. The fraction of sp³-hybridized carbons (Fsp3) is 0.316. The minimum absolute atomic E-state index is 0.274. The molecular weight excluding hydrogens is 381 g/mol. The average molecular weight is 399 g/mol. The smallest absolute Gasteiger partial charge is 0.271 e. The first-order valence-electron chi connectivity index (χ1n) is 8.97. The number of carbonyl (C=O) groups is 1. The number of fused-ring (bicyclic) bond motifs is 3. The van der Waals surface area contributed by atoms with Crippen molar-refractivity contribution in [3.63, 3.8) is 0 Å². The highest BCUT2D eigenvalue weighted by molar-refractivity contribution is 7.18. The van der Waals surface area contributed by atoms with Gasteiger partial charge in [-0.2, -0.15) is 5.10 Å². The number of nitrogens with zero attached hydrogens (tertiary/aromatic N) is 4. The van der Waals surface area contributed by atoms with E-state index in [9.17, 15) is 14.0 Å². The fourth-order valence-corrected chi connectivity index (χ4v) is 4.61. The summed E-state index contributed by atoms with van der Waals surface area (Å²) in [5, 5.41) is 12.4. The van der Waals surface area contributed by atoms with Crippen LogP contribution >= 0.6 is 11.3 Å². The Morgan fingerprint density at radius 3 is 3.00 bits per heavy atom. The zero-order valence-corrected chi connectivity index (χ0v) is 16.0. The van der Waals surface area contributed by atoms with Gasteiger partial charge in [-0.05, 0) is 48.4 Å². The topological polar surface area (TPSA) is 89.2 Å². The van der Waals surface area contributed by atoms with Crippen LogP contribution in [0.15, 0.2) is 34.2 Å². The summed E-state index contributed by atoms with van der Waals surface area (Å²) < 4.78 is 13.9. The molecule has 2 heterocycles. The second kappa shape index (κ2) is 7.59. The third kappa shape index (κ3) is 3.70. The lowest BCUT2D eigenvalue weighted by Crippen LogP contribution is -2.32. The number of carbonyl (C=O) groups excluding carboxylic acids is 1. The highest BCUT2D eigenvalue weighted by Crippen LogP contribution is 2.35. The molecule has 28 heavy (non-hydrogen) atoms. The Balaban J connectivity index is 1.50. The van der Waals surface area contributed by atoms with E-state index in [0.29, 0.717) is 21.7 Å². The second-order valence-corrected chi connectivity index (χ2v) is 8.01. The van der Waals surface area contributed by atoms with E-state index in [2.05, 4.69) is 27.8 Å². The Bertz CT molecular complexity index is 1120. The maximum atomic E-state index is 12.9. The summed E-state index contributed by atoms with van der Waals surface area (Å²) in [4.78, 5) is 26.8. The van der Waals surface area contributed by atoms with Gasteiger partial charge in [0.05, 0.1) is 11.6 Å². The van der Waals surface area contributed by atoms with E-state index in [-0.39, 0.29) is 17.9 Å². The molecule has 0 spiro atoms.